The van der Waals surface area contributed by atoms with Crippen LogP contribution in [0.2, 0.25) is 18.1 Å². The third kappa shape index (κ3) is 10.6. The van der Waals surface area contributed by atoms with Gasteiger partial charge in [0.05, 0.1) is 0 Å². The lowest BCUT2D eigenvalue weighted by atomic mass is 9.79. The number of unbranched alkanes of at least 4 members (excludes halogenated alkanes) is 2. The van der Waals surface area contributed by atoms with E-state index in [-0.39, 0.29) is 24.6 Å². The summed E-state index contributed by atoms with van der Waals surface area (Å²) in [6.07, 6.45) is 2.43. The molecule has 1 amide bonds. The van der Waals surface area contributed by atoms with Crippen LogP contribution in [0.1, 0.15) is 72.8 Å². The van der Waals surface area contributed by atoms with Crippen LogP contribution in [-0.4, -0.2) is 55.6 Å². The molecule has 1 aromatic rings. The molecule has 4 N–H and O–H groups in total. The minimum absolute atomic E-state index is 0.0423. The first-order valence-corrected chi connectivity index (χ1v) is 16.0. The Bertz CT molecular complexity index is 892. The number of ether oxygens (including phenoxy) is 1. The van der Waals surface area contributed by atoms with Gasteiger partial charge in [0, 0.05) is 25.5 Å². The second-order valence-electron chi connectivity index (χ2n) is 12.3. The lowest BCUT2D eigenvalue weighted by Gasteiger charge is -2.39. The Morgan fingerprint density at radius 3 is 2.11 bits per heavy atom. The number of nitrogens with one attached hydrogen (secondary N) is 1. The number of alkyl carbamates (subject to hydrolysis) is 1. The van der Waals surface area contributed by atoms with Gasteiger partial charge >= 0.3 is 12.1 Å². The predicted molar refractivity (Wildman–Crippen MR) is 149 cm³/mol. The molecule has 0 bridgehead atoms. The molecule has 1 rings (SSSR count). The van der Waals surface area contributed by atoms with Crippen molar-refractivity contribution in [3.63, 3.8) is 0 Å². The Balaban J connectivity index is 2.96. The van der Waals surface area contributed by atoms with Crippen molar-refractivity contribution in [2.45, 2.75) is 103 Å². The Hall–Kier alpha value is -2.23. The number of nitrogens with two attached hydrogens (primary N) is 1. The average Bonchev–Trinajstić information content (AvgIpc) is 2.76. The number of carboxylic acids is 1. The van der Waals surface area contributed by atoms with E-state index in [0.717, 1.165) is 19.3 Å². The van der Waals surface area contributed by atoms with Crippen LogP contribution in [0.25, 0.3) is 0 Å². The number of carboxylic acid groups (broad SMARTS) is 1. The molecule has 9 heteroatoms. The summed E-state index contributed by atoms with van der Waals surface area (Å²) in [4.78, 5) is 38.0. The molecule has 0 spiro atoms. The van der Waals surface area contributed by atoms with Crippen LogP contribution >= 0.6 is 0 Å². The van der Waals surface area contributed by atoms with Crippen molar-refractivity contribution in [2.24, 2.45) is 11.7 Å². The number of amides is 1. The summed E-state index contributed by atoms with van der Waals surface area (Å²) >= 11 is 0. The predicted octanol–water partition coefficient (Wildman–Crippen LogP) is 5.30. The minimum atomic E-state index is -2.28. The number of carbonyl (C=O) groups is 3. The molecule has 0 aliphatic carbocycles. The zero-order valence-corrected chi connectivity index (χ0v) is 25.0. The van der Waals surface area contributed by atoms with E-state index in [4.69, 9.17) is 14.9 Å². The standard InChI is InChI=1S/C28H48N2O6Si/c1-26(2,3)36-25(34)30-19-22(20-35-37(7,8)27(4,5)6)28(29,24(32)33)23(31)18-14-10-13-17-21-15-11-9-12-16-21/h9,11-12,15-16,22H,10,13-14,17-20,29H2,1-8H3,(H,30,34)(H,32,33)/t22?,28-/m1/s1. The Morgan fingerprint density at radius 2 is 1.59 bits per heavy atom. The largest absolute Gasteiger partial charge is 0.480 e. The molecule has 8 nitrogen and oxygen atoms in total. The quantitative estimate of drug-likeness (QED) is 0.167. The fraction of sp³-hybridized carbons (Fsp3) is 0.679. The number of rotatable bonds is 14. The second kappa shape index (κ2) is 13.5. The van der Waals surface area contributed by atoms with Crippen LogP contribution in [-0.2, 0) is 25.2 Å². The molecule has 0 aliphatic heterocycles. The van der Waals surface area contributed by atoms with E-state index in [1.807, 2.05) is 31.3 Å². The number of carbonyl (C=O) groups excluding carboxylic acids is 2. The third-order valence-electron chi connectivity index (χ3n) is 7.01. The van der Waals surface area contributed by atoms with Crippen molar-refractivity contribution >= 4 is 26.2 Å². The van der Waals surface area contributed by atoms with Crippen molar-refractivity contribution in [1.29, 1.82) is 0 Å². The molecule has 0 fully saturated rings. The maximum absolute atomic E-state index is 13.3. The van der Waals surface area contributed by atoms with E-state index in [9.17, 15) is 19.5 Å². The van der Waals surface area contributed by atoms with E-state index >= 15 is 0 Å². The first kappa shape index (κ1) is 32.8. The van der Waals surface area contributed by atoms with Gasteiger partial charge in [-0.25, -0.2) is 9.59 Å². The molecule has 1 unspecified atom stereocenters. The van der Waals surface area contributed by atoms with E-state index in [1.165, 1.54) is 5.56 Å². The monoisotopic (exact) mass is 536 g/mol. The Morgan fingerprint density at radius 1 is 1.00 bits per heavy atom. The van der Waals surface area contributed by atoms with Gasteiger partial charge in [0.15, 0.2) is 19.6 Å². The van der Waals surface area contributed by atoms with Gasteiger partial charge in [0.25, 0.3) is 0 Å². The first-order valence-electron chi connectivity index (χ1n) is 13.1. The zero-order valence-electron chi connectivity index (χ0n) is 24.0. The van der Waals surface area contributed by atoms with Crippen LogP contribution in [0, 0.1) is 5.92 Å². The maximum atomic E-state index is 13.3. The first-order chi connectivity index (χ1) is 16.9. The topological polar surface area (TPSA) is 128 Å². The van der Waals surface area contributed by atoms with Crippen LogP contribution in [0.15, 0.2) is 30.3 Å². The summed E-state index contributed by atoms with van der Waals surface area (Å²) < 4.78 is 11.6. The highest BCUT2D eigenvalue weighted by Crippen LogP contribution is 2.37. The fourth-order valence-corrected chi connectivity index (χ4v) is 4.61. The molecule has 0 saturated carbocycles. The van der Waals surface area contributed by atoms with E-state index in [2.05, 4.69) is 38.2 Å². The highest BCUT2D eigenvalue weighted by molar-refractivity contribution is 6.74. The highest BCUT2D eigenvalue weighted by Gasteiger charge is 2.50. The number of hydrogen-bond donors (Lipinski definition) is 3. The van der Waals surface area contributed by atoms with Crippen molar-refractivity contribution in [1.82, 2.24) is 5.32 Å². The molecule has 0 radical (unpaired) electrons. The van der Waals surface area contributed by atoms with Gasteiger partial charge in [-0.1, -0.05) is 57.5 Å². The lowest BCUT2D eigenvalue weighted by Crippen LogP contribution is -2.64. The van der Waals surface area contributed by atoms with Crippen molar-refractivity contribution in [2.75, 3.05) is 13.2 Å². The van der Waals surface area contributed by atoms with E-state index < -0.39 is 43.2 Å². The number of aryl methyl sites for hydroxylation is 1. The van der Waals surface area contributed by atoms with Gasteiger partial charge in [-0.15, -0.1) is 0 Å². The van der Waals surface area contributed by atoms with E-state index in [1.54, 1.807) is 20.8 Å². The molecule has 0 saturated heterocycles. The van der Waals surface area contributed by atoms with Crippen molar-refractivity contribution in [3.05, 3.63) is 35.9 Å². The summed E-state index contributed by atoms with van der Waals surface area (Å²) in [7, 11) is -2.28. The smallest absolute Gasteiger partial charge is 0.407 e. The summed E-state index contributed by atoms with van der Waals surface area (Å²) in [5.41, 5.74) is 4.69. The summed E-state index contributed by atoms with van der Waals surface area (Å²) in [5, 5.41) is 12.6. The number of hydrogen-bond acceptors (Lipinski definition) is 6. The molecule has 0 aliphatic rings. The lowest BCUT2D eigenvalue weighted by molar-refractivity contribution is -0.152. The third-order valence-corrected chi connectivity index (χ3v) is 11.5. The molecular formula is C28H48N2O6Si. The SMILES string of the molecule is CC(C)(C)OC(=O)NCC(CO[Si](C)(C)C(C)(C)C)[C@](N)(C(=O)O)C(=O)CCCCCc1ccccc1. The Kier molecular flexibility index (Phi) is 12.0. The number of aliphatic carboxylic acids is 1. The molecule has 37 heavy (non-hydrogen) atoms. The summed E-state index contributed by atoms with van der Waals surface area (Å²) in [6, 6.07) is 10.1. The highest BCUT2D eigenvalue weighted by atomic mass is 28.4. The zero-order chi connectivity index (χ0) is 28.5. The number of ketones is 1. The van der Waals surface area contributed by atoms with Crippen molar-refractivity contribution in [3.8, 4) is 0 Å². The van der Waals surface area contributed by atoms with Gasteiger partial charge in [0.1, 0.15) is 5.60 Å². The normalized spacial score (nSPS) is 14.9. The van der Waals surface area contributed by atoms with Crippen molar-refractivity contribution < 1.29 is 28.7 Å². The molecular weight excluding hydrogens is 488 g/mol. The van der Waals surface area contributed by atoms with Crippen LogP contribution < -0.4 is 11.1 Å². The summed E-state index contributed by atoms with van der Waals surface area (Å²) in [5.74, 6) is -2.95. The van der Waals surface area contributed by atoms with Crippen LogP contribution in [0.4, 0.5) is 4.79 Å². The molecule has 2 atom stereocenters. The summed E-state index contributed by atoms with van der Waals surface area (Å²) in [6.45, 7) is 15.3. The molecule has 210 valence electrons. The number of benzene rings is 1. The minimum Gasteiger partial charge on any atom is -0.480 e. The van der Waals surface area contributed by atoms with Gasteiger partial charge < -0.3 is 25.3 Å². The van der Waals surface area contributed by atoms with Gasteiger partial charge in [-0.2, -0.15) is 0 Å². The van der Waals surface area contributed by atoms with E-state index in [0.29, 0.717) is 6.42 Å². The molecule has 0 heterocycles. The maximum Gasteiger partial charge on any atom is 0.407 e. The van der Waals surface area contributed by atoms with Crippen LogP contribution in [0.3, 0.4) is 0 Å². The number of Topliss-reactive ketones (excluding diaryl/α,β-unsaturated/α-hetero) is 1. The van der Waals surface area contributed by atoms with Gasteiger partial charge in [-0.3, -0.25) is 4.79 Å². The second-order valence-corrected chi connectivity index (χ2v) is 17.1. The average molecular weight is 537 g/mol. The molecule has 1 aromatic carbocycles. The van der Waals surface area contributed by atoms with Crippen LogP contribution in [0.5, 0.6) is 0 Å². The molecule has 0 aromatic heterocycles. The van der Waals surface area contributed by atoms with Gasteiger partial charge in [0.2, 0.25) is 0 Å². The fourth-order valence-electron chi connectivity index (χ4n) is 3.56. The Labute approximate surface area is 223 Å². The van der Waals surface area contributed by atoms with Gasteiger partial charge in [-0.05, 0) is 63.7 Å².